The van der Waals surface area contributed by atoms with Crippen LogP contribution in [-0.2, 0) is 11.3 Å². The molecule has 1 aromatic rings. The van der Waals surface area contributed by atoms with E-state index in [4.69, 9.17) is 11.6 Å². The Balaban J connectivity index is 2.54. The standard InChI is InChI=1S/C9H7ClF4O/c10-7-3-1-6(2-4-7)5-15-9(13,14)8(11)12/h1-4,8H,5H2. The Morgan fingerprint density at radius 1 is 1.20 bits per heavy atom. The van der Waals surface area contributed by atoms with Gasteiger partial charge in [-0.3, -0.25) is 0 Å². The lowest BCUT2D eigenvalue weighted by atomic mass is 10.2. The first-order valence-electron chi connectivity index (χ1n) is 3.96. The lowest BCUT2D eigenvalue weighted by Crippen LogP contribution is -2.29. The molecule has 0 spiro atoms. The Bertz CT molecular complexity index is 312. The zero-order valence-electron chi connectivity index (χ0n) is 7.39. The summed E-state index contributed by atoms with van der Waals surface area (Å²) in [5.41, 5.74) is 0.347. The van der Waals surface area contributed by atoms with Crippen LogP contribution >= 0.6 is 11.6 Å². The van der Waals surface area contributed by atoms with Crippen molar-refractivity contribution in [2.24, 2.45) is 0 Å². The van der Waals surface area contributed by atoms with Crippen molar-refractivity contribution in [1.29, 1.82) is 0 Å². The van der Waals surface area contributed by atoms with Crippen LogP contribution < -0.4 is 0 Å². The van der Waals surface area contributed by atoms with E-state index in [0.29, 0.717) is 10.6 Å². The molecule has 0 atom stereocenters. The third-order valence-corrected chi connectivity index (χ3v) is 1.85. The summed E-state index contributed by atoms with van der Waals surface area (Å²) in [5, 5.41) is 0.430. The van der Waals surface area contributed by atoms with E-state index in [-0.39, 0.29) is 0 Å². The molecule has 0 fully saturated rings. The van der Waals surface area contributed by atoms with Crippen LogP contribution in [0.4, 0.5) is 17.6 Å². The lowest BCUT2D eigenvalue weighted by molar-refractivity contribution is -0.305. The van der Waals surface area contributed by atoms with E-state index in [1.165, 1.54) is 24.3 Å². The highest BCUT2D eigenvalue weighted by atomic mass is 35.5. The lowest BCUT2D eigenvalue weighted by Gasteiger charge is -2.15. The first-order chi connectivity index (χ1) is 6.92. The quantitative estimate of drug-likeness (QED) is 0.732. The van der Waals surface area contributed by atoms with Gasteiger partial charge in [-0.25, -0.2) is 8.78 Å². The van der Waals surface area contributed by atoms with Crippen LogP contribution in [0.25, 0.3) is 0 Å². The van der Waals surface area contributed by atoms with Gasteiger partial charge in [0.1, 0.15) is 0 Å². The van der Waals surface area contributed by atoms with Crippen LogP contribution in [0.3, 0.4) is 0 Å². The van der Waals surface area contributed by atoms with E-state index in [0.717, 1.165) is 0 Å². The number of rotatable bonds is 4. The van der Waals surface area contributed by atoms with E-state index in [1.54, 1.807) is 0 Å². The van der Waals surface area contributed by atoms with E-state index in [9.17, 15) is 17.6 Å². The Morgan fingerprint density at radius 2 is 1.73 bits per heavy atom. The molecule has 15 heavy (non-hydrogen) atoms. The average molecular weight is 243 g/mol. The Hall–Kier alpha value is -0.810. The maximum Gasteiger partial charge on any atom is 0.416 e. The molecule has 84 valence electrons. The second-order valence-corrected chi connectivity index (χ2v) is 3.21. The van der Waals surface area contributed by atoms with Gasteiger partial charge in [0.05, 0.1) is 6.61 Å². The van der Waals surface area contributed by atoms with Crippen LogP contribution in [0.5, 0.6) is 0 Å². The molecule has 0 heterocycles. The van der Waals surface area contributed by atoms with Gasteiger partial charge in [-0.2, -0.15) is 8.78 Å². The van der Waals surface area contributed by atoms with Gasteiger partial charge >= 0.3 is 12.5 Å². The topological polar surface area (TPSA) is 9.23 Å². The highest BCUT2D eigenvalue weighted by Crippen LogP contribution is 2.25. The zero-order chi connectivity index (χ0) is 11.5. The SMILES string of the molecule is FC(F)C(F)(F)OCc1ccc(Cl)cc1. The van der Waals surface area contributed by atoms with Crippen molar-refractivity contribution in [1.82, 2.24) is 0 Å². The fourth-order valence-electron chi connectivity index (χ4n) is 0.823. The van der Waals surface area contributed by atoms with Gasteiger partial charge in [0, 0.05) is 5.02 Å². The highest BCUT2D eigenvalue weighted by molar-refractivity contribution is 6.30. The van der Waals surface area contributed by atoms with Crippen molar-refractivity contribution >= 4 is 11.6 Å². The Kier molecular flexibility index (Phi) is 3.93. The minimum atomic E-state index is -4.42. The molecule has 1 rings (SSSR count). The van der Waals surface area contributed by atoms with E-state index in [1.807, 2.05) is 0 Å². The first-order valence-corrected chi connectivity index (χ1v) is 4.34. The number of halogens is 5. The largest absolute Gasteiger partial charge is 0.416 e. The molecule has 0 aliphatic rings. The third kappa shape index (κ3) is 3.68. The molecule has 0 amide bonds. The minimum absolute atomic E-state index is 0.347. The molecule has 0 bridgehead atoms. The van der Waals surface area contributed by atoms with Crippen LogP contribution in [0.2, 0.25) is 5.02 Å². The highest BCUT2D eigenvalue weighted by Gasteiger charge is 2.42. The monoisotopic (exact) mass is 242 g/mol. The molecule has 6 heteroatoms. The van der Waals surface area contributed by atoms with Crippen molar-refractivity contribution in [2.45, 2.75) is 19.1 Å². The summed E-state index contributed by atoms with van der Waals surface area (Å²) in [6, 6.07) is 5.76. The predicted molar refractivity (Wildman–Crippen MR) is 47.2 cm³/mol. The van der Waals surface area contributed by atoms with Gasteiger partial charge in [-0.15, -0.1) is 0 Å². The van der Waals surface area contributed by atoms with Crippen LogP contribution in [-0.4, -0.2) is 12.5 Å². The third-order valence-electron chi connectivity index (χ3n) is 1.60. The van der Waals surface area contributed by atoms with Gasteiger partial charge in [0.25, 0.3) is 0 Å². The minimum Gasteiger partial charge on any atom is -0.311 e. The zero-order valence-corrected chi connectivity index (χ0v) is 8.15. The van der Waals surface area contributed by atoms with E-state index in [2.05, 4.69) is 4.74 Å². The second-order valence-electron chi connectivity index (χ2n) is 2.78. The van der Waals surface area contributed by atoms with Gasteiger partial charge in [0.2, 0.25) is 0 Å². The molecular formula is C9H7ClF4O. The number of ether oxygens (including phenoxy) is 1. The maximum atomic E-state index is 12.3. The van der Waals surface area contributed by atoms with Crippen molar-refractivity contribution in [3.05, 3.63) is 34.9 Å². The number of hydrogen-bond donors (Lipinski definition) is 0. The Morgan fingerprint density at radius 3 is 2.20 bits per heavy atom. The second kappa shape index (κ2) is 4.81. The summed E-state index contributed by atoms with van der Waals surface area (Å²) >= 11 is 5.54. The summed E-state index contributed by atoms with van der Waals surface area (Å²) in [7, 11) is 0. The molecule has 0 aliphatic heterocycles. The molecule has 0 aromatic heterocycles. The molecule has 0 radical (unpaired) electrons. The molecule has 0 unspecified atom stereocenters. The van der Waals surface area contributed by atoms with Crippen molar-refractivity contribution in [2.75, 3.05) is 0 Å². The summed E-state index contributed by atoms with van der Waals surface area (Å²) in [6.07, 6.45) is -8.25. The van der Waals surface area contributed by atoms with Gasteiger partial charge in [-0.05, 0) is 17.7 Å². The fourth-order valence-corrected chi connectivity index (χ4v) is 0.949. The smallest absolute Gasteiger partial charge is 0.311 e. The van der Waals surface area contributed by atoms with Crippen LogP contribution in [0.1, 0.15) is 5.56 Å². The van der Waals surface area contributed by atoms with Gasteiger partial charge in [0.15, 0.2) is 0 Å². The predicted octanol–water partition coefficient (Wildman–Crippen LogP) is 3.71. The summed E-state index contributed by atoms with van der Waals surface area (Å²) in [5.74, 6) is 0. The average Bonchev–Trinajstić information content (AvgIpc) is 2.17. The van der Waals surface area contributed by atoms with Gasteiger partial charge in [-0.1, -0.05) is 23.7 Å². The molecule has 0 aliphatic carbocycles. The summed E-state index contributed by atoms with van der Waals surface area (Å²) < 4.78 is 51.8. The number of alkyl halides is 4. The van der Waals surface area contributed by atoms with Crippen LogP contribution in [0.15, 0.2) is 24.3 Å². The number of benzene rings is 1. The van der Waals surface area contributed by atoms with Crippen molar-refractivity contribution in [3.8, 4) is 0 Å². The molecule has 0 saturated carbocycles. The van der Waals surface area contributed by atoms with E-state index < -0.39 is 19.1 Å². The molecule has 1 nitrogen and oxygen atoms in total. The van der Waals surface area contributed by atoms with E-state index >= 15 is 0 Å². The summed E-state index contributed by atoms with van der Waals surface area (Å²) in [6.45, 7) is -0.589. The maximum absolute atomic E-state index is 12.3. The molecule has 0 N–H and O–H groups in total. The Labute approximate surface area is 88.6 Å². The first kappa shape index (κ1) is 12.3. The molecule has 1 aromatic carbocycles. The van der Waals surface area contributed by atoms with Crippen molar-refractivity contribution < 1.29 is 22.3 Å². The fraction of sp³-hybridized carbons (Fsp3) is 0.333. The number of hydrogen-bond acceptors (Lipinski definition) is 1. The molecule has 0 saturated heterocycles. The molecular weight excluding hydrogens is 236 g/mol. The van der Waals surface area contributed by atoms with Gasteiger partial charge < -0.3 is 4.74 Å². The van der Waals surface area contributed by atoms with Crippen molar-refractivity contribution in [3.63, 3.8) is 0 Å². The summed E-state index contributed by atoms with van der Waals surface area (Å²) in [4.78, 5) is 0. The van der Waals surface area contributed by atoms with Crippen LogP contribution in [0, 0.1) is 0 Å². The normalized spacial score (nSPS) is 12.1.